The van der Waals surface area contributed by atoms with E-state index in [1.165, 1.54) is 30.5 Å². The molecular weight excluding hydrogens is 257 g/mol. The predicted octanol–water partition coefficient (Wildman–Crippen LogP) is 3.21. The summed E-state index contributed by atoms with van der Waals surface area (Å²) in [5, 5.41) is 5.85. The van der Waals surface area contributed by atoms with Gasteiger partial charge in [-0.1, -0.05) is 0 Å². The maximum Gasteiger partial charge on any atom is 0.259 e. The van der Waals surface area contributed by atoms with E-state index >= 15 is 0 Å². The summed E-state index contributed by atoms with van der Waals surface area (Å²) in [4.78, 5) is 16.4. The molecular formula is C15H16FN3O. The van der Waals surface area contributed by atoms with Crippen molar-refractivity contribution < 1.29 is 9.18 Å². The van der Waals surface area contributed by atoms with Crippen molar-refractivity contribution in [1.82, 2.24) is 4.98 Å². The van der Waals surface area contributed by atoms with Crippen LogP contribution in [0.15, 0.2) is 36.5 Å². The van der Waals surface area contributed by atoms with Gasteiger partial charge in [-0.2, -0.15) is 0 Å². The summed E-state index contributed by atoms with van der Waals surface area (Å²) in [7, 11) is 0. The quantitative estimate of drug-likeness (QED) is 0.899. The maximum atomic E-state index is 12.8. The Bertz CT molecular complexity index is 611. The molecule has 0 atom stereocenters. The SMILES string of the molecule is CCNc1cc(C)ncc1C(=O)Nc1ccc(F)cc1. The van der Waals surface area contributed by atoms with Gasteiger partial charge < -0.3 is 10.6 Å². The van der Waals surface area contributed by atoms with Crippen LogP contribution in [0.25, 0.3) is 0 Å². The zero-order chi connectivity index (χ0) is 14.5. The fourth-order valence-corrected chi connectivity index (χ4v) is 1.81. The van der Waals surface area contributed by atoms with Gasteiger partial charge in [0.15, 0.2) is 0 Å². The van der Waals surface area contributed by atoms with E-state index in [1.54, 1.807) is 0 Å². The van der Waals surface area contributed by atoms with Crippen molar-refractivity contribution in [2.75, 3.05) is 17.2 Å². The molecule has 0 saturated heterocycles. The highest BCUT2D eigenvalue weighted by molar-refractivity contribution is 6.07. The Kier molecular flexibility index (Phi) is 4.30. The van der Waals surface area contributed by atoms with Crippen LogP contribution in [0, 0.1) is 12.7 Å². The molecule has 5 heteroatoms. The van der Waals surface area contributed by atoms with E-state index in [0.717, 1.165) is 11.4 Å². The molecule has 1 heterocycles. The second-order valence-corrected chi connectivity index (χ2v) is 4.36. The standard InChI is InChI=1S/C15H16FN3O/c1-3-17-14-8-10(2)18-9-13(14)15(20)19-12-6-4-11(16)5-7-12/h4-9H,3H2,1-2H3,(H,17,18)(H,19,20). The largest absolute Gasteiger partial charge is 0.385 e. The van der Waals surface area contributed by atoms with Crippen LogP contribution in [0.2, 0.25) is 0 Å². The van der Waals surface area contributed by atoms with Crippen molar-refractivity contribution in [2.45, 2.75) is 13.8 Å². The lowest BCUT2D eigenvalue weighted by atomic mass is 10.2. The molecule has 1 aromatic heterocycles. The Morgan fingerprint density at radius 2 is 2.00 bits per heavy atom. The second kappa shape index (κ2) is 6.14. The molecule has 1 amide bonds. The van der Waals surface area contributed by atoms with E-state index in [4.69, 9.17) is 0 Å². The van der Waals surface area contributed by atoms with Crippen molar-refractivity contribution in [3.05, 3.63) is 53.6 Å². The van der Waals surface area contributed by atoms with E-state index in [0.29, 0.717) is 17.8 Å². The summed E-state index contributed by atoms with van der Waals surface area (Å²) in [5.74, 6) is -0.617. The Balaban J connectivity index is 2.22. The summed E-state index contributed by atoms with van der Waals surface area (Å²) in [5.41, 5.74) is 2.57. The van der Waals surface area contributed by atoms with Crippen LogP contribution in [-0.2, 0) is 0 Å². The molecule has 0 aliphatic heterocycles. The van der Waals surface area contributed by atoms with Gasteiger partial charge >= 0.3 is 0 Å². The zero-order valence-corrected chi connectivity index (χ0v) is 11.4. The normalized spacial score (nSPS) is 10.2. The van der Waals surface area contributed by atoms with E-state index < -0.39 is 0 Å². The highest BCUT2D eigenvalue weighted by atomic mass is 19.1. The molecule has 0 radical (unpaired) electrons. The number of nitrogens with one attached hydrogen (secondary N) is 2. The Labute approximate surface area is 117 Å². The van der Waals surface area contributed by atoms with Crippen LogP contribution in [0.5, 0.6) is 0 Å². The molecule has 104 valence electrons. The molecule has 4 nitrogen and oxygen atoms in total. The molecule has 2 aromatic rings. The van der Waals surface area contributed by atoms with Crippen LogP contribution < -0.4 is 10.6 Å². The maximum absolute atomic E-state index is 12.8. The fraction of sp³-hybridized carbons (Fsp3) is 0.200. The van der Waals surface area contributed by atoms with Gasteiger partial charge in [-0.15, -0.1) is 0 Å². The van der Waals surface area contributed by atoms with Crippen molar-refractivity contribution in [2.24, 2.45) is 0 Å². The first kappa shape index (κ1) is 14.0. The third kappa shape index (κ3) is 3.32. The van der Waals surface area contributed by atoms with Crippen LogP contribution in [0.3, 0.4) is 0 Å². The first-order valence-corrected chi connectivity index (χ1v) is 6.37. The van der Waals surface area contributed by atoms with Gasteiger partial charge in [0, 0.05) is 24.1 Å². The summed E-state index contributed by atoms with van der Waals surface area (Å²) in [6, 6.07) is 7.45. The van der Waals surface area contributed by atoms with Crippen LogP contribution in [0.1, 0.15) is 23.0 Å². The third-order valence-corrected chi connectivity index (χ3v) is 2.75. The number of carbonyl (C=O) groups is 1. The number of hydrogen-bond donors (Lipinski definition) is 2. The number of benzene rings is 1. The molecule has 0 spiro atoms. The van der Waals surface area contributed by atoms with E-state index in [2.05, 4.69) is 15.6 Å². The lowest BCUT2D eigenvalue weighted by molar-refractivity contribution is 0.102. The Morgan fingerprint density at radius 1 is 1.30 bits per heavy atom. The van der Waals surface area contributed by atoms with Gasteiger partial charge in [0.1, 0.15) is 5.82 Å². The van der Waals surface area contributed by atoms with Gasteiger partial charge in [-0.05, 0) is 44.2 Å². The van der Waals surface area contributed by atoms with E-state index in [1.807, 2.05) is 19.9 Å². The fourth-order valence-electron chi connectivity index (χ4n) is 1.81. The number of amides is 1. The van der Waals surface area contributed by atoms with E-state index in [-0.39, 0.29) is 11.7 Å². The first-order valence-electron chi connectivity index (χ1n) is 6.37. The second-order valence-electron chi connectivity index (χ2n) is 4.36. The number of pyridine rings is 1. The zero-order valence-electron chi connectivity index (χ0n) is 11.4. The molecule has 0 aliphatic carbocycles. The number of nitrogens with zero attached hydrogens (tertiary/aromatic N) is 1. The lowest BCUT2D eigenvalue weighted by Gasteiger charge is -2.11. The van der Waals surface area contributed by atoms with Gasteiger partial charge in [0.2, 0.25) is 0 Å². The Hall–Kier alpha value is -2.43. The smallest absolute Gasteiger partial charge is 0.259 e. The minimum atomic E-state index is -0.339. The summed E-state index contributed by atoms with van der Waals surface area (Å²) < 4.78 is 12.8. The topological polar surface area (TPSA) is 54.0 Å². The molecule has 2 N–H and O–H groups in total. The molecule has 1 aromatic carbocycles. The first-order chi connectivity index (χ1) is 9.60. The van der Waals surface area contributed by atoms with Gasteiger partial charge in [0.05, 0.1) is 11.3 Å². The van der Waals surface area contributed by atoms with E-state index in [9.17, 15) is 9.18 Å². The Morgan fingerprint density at radius 3 is 2.65 bits per heavy atom. The lowest BCUT2D eigenvalue weighted by Crippen LogP contribution is -2.15. The minimum Gasteiger partial charge on any atom is -0.385 e. The number of carbonyl (C=O) groups excluding carboxylic acids is 1. The highest BCUT2D eigenvalue weighted by Crippen LogP contribution is 2.18. The summed E-state index contributed by atoms with van der Waals surface area (Å²) >= 11 is 0. The molecule has 0 saturated carbocycles. The van der Waals surface area contributed by atoms with Crippen molar-refractivity contribution >= 4 is 17.3 Å². The van der Waals surface area contributed by atoms with Crippen LogP contribution >= 0.6 is 0 Å². The predicted molar refractivity (Wildman–Crippen MR) is 77.5 cm³/mol. The molecule has 0 fully saturated rings. The average molecular weight is 273 g/mol. The number of aromatic nitrogens is 1. The summed E-state index contributed by atoms with van der Waals surface area (Å²) in [6.45, 7) is 4.53. The van der Waals surface area contributed by atoms with Crippen LogP contribution in [-0.4, -0.2) is 17.4 Å². The highest BCUT2D eigenvalue weighted by Gasteiger charge is 2.12. The number of aryl methyl sites for hydroxylation is 1. The monoisotopic (exact) mass is 273 g/mol. The van der Waals surface area contributed by atoms with Crippen molar-refractivity contribution in [1.29, 1.82) is 0 Å². The molecule has 0 bridgehead atoms. The molecule has 0 unspecified atom stereocenters. The van der Waals surface area contributed by atoms with Crippen molar-refractivity contribution in [3.63, 3.8) is 0 Å². The minimum absolute atomic E-state index is 0.278. The number of anilines is 2. The van der Waals surface area contributed by atoms with Crippen molar-refractivity contribution in [3.8, 4) is 0 Å². The number of rotatable bonds is 4. The van der Waals surface area contributed by atoms with Gasteiger partial charge in [-0.3, -0.25) is 9.78 Å². The summed E-state index contributed by atoms with van der Waals surface area (Å²) in [6.07, 6.45) is 1.53. The van der Waals surface area contributed by atoms with Gasteiger partial charge in [-0.25, -0.2) is 4.39 Å². The molecule has 20 heavy (non-hydrogen) atoms. The number of hydrogen-bond acceptors (Lipinski definition) is 3. The van der Waals surface area contributed by atoms with Crippen LogP contribution in [0.4, 0.5) is 15.8 Å². The number of halogens is 1. The molecule has 2 rings (SSSR count). The third-order valence-electron chi connectivity index (χ3n) is 2.75. The average Bonchev–Trinajstić information content (AvgIpc) is 2.42. The molecule has 0 aliphatic rings. The van der Waals surface area contributed by atoms with Gasteiger partial charge in [0.25, 0.3) is 5.91 Å².